The van der Waals surface area contributed by atoms with Crippen LogP contribution in [0.2, 0.25) is 0 Å². The molecule has 0 saturated carbocycles. The zero-order valence-electron chi connectivity index (χ0n) is 34.7. The number of hydrogen-bond donors (Lipinski definition) is 2. The first-order chi connectivity index (χ1) is 28.1. The molecular formula is C46H60N8O4. The molecule has 0 unspecified atom stereocenters. The van der Waals surface area contributed by atoms with Crippen molar-refractivity contribution in [1.82, 2.24) is 29.3 Å². The topological polar surface area (TPSA) is 122 Å². The third-order valence-electron chi connectivity index (χ3n) is 12.3. The van der Waals surface area contributed by atoms with E-state index in [1.165, 1.54) is 36.8 Å². The highest BCUT2D eigenvalue weighted by molar-refractivity contribution is 5.90. The summed E-state index contributed by atoms with van der Waals surface area (Å²) in [5.41, 5.74) is 5.51. The van der Waals surface area contributed by atoms with Crippen molar-refractivity contribution in [1.29, 1.82) is 0 Å². The summed E-state index contributed by atoms with van der Waals surface area (Å²) in [5.74, 6) is 3.27. The number of piperidine rings is 1. The minimum Gasteiger partial charge on any atom is -0.492 e. The van der Waals surface area contributed by atoms with Crippen molar-refractivity contribution in [3.05, 3.63) is 89.2 Å². The first kappa shape index (κ1) is 39.9. The van der Waals surface area contributed by atoms with E-state index in [9.17, 15) is 9.90 Å². The molecular weight excluding hydrogens is 729 g/mol. The summed E-state index contributed by atoms with van der Waals surface area (Å²) in [6.07, 6.45) is 12.0. The Morgan fingerprint density at radius 1 is 0.931 bits per heavy atom. The molecule has 3 atom stereocenters. The smallest absolute Gasteiger partial charge is 0.232 e. The number of rotatable bonds is 14. The number of carbonyl (C=O) groups excluding carboxylic acids is 1. The minimum absolute atomic E-state index is 0.0383. The van der Waals surface area contributed by atoms with Crippen LogP contribution in [0.15, 0.2) is 66.9 Å². The van der Waals surface area contributed by atoms with Gasteiger partial charge in [0.05, 0.1) is 24.2 Å². The van der Waals surface area contributed by atoms with E-state index in [4.69, 9.17) is 14.6 Å². The second-order valence-corrected chi connectivity index (χ2v) is 17.5. The minimum atomic E-state index is -0.223. The van der Waals surface area contributed by atoms with E-state index >= 15 is 0 Å². The molecule has 2 aliphatic heterocycles. The summed E-state index contributed by atoms with van der Waals surface area (Å²) in [6, 6.07) is 20.8. The maximum absolute atomic E-state index is 13.6. The van der Waals surface area contributed by atoms with Gasteiger partial charge in [0.25, 0.3) is 0 Å². The number of ether oxygens (including phenoxy) is 2. The molecule has 2 saturated heterocycles. The molecule has 1 aliphatic carbocycles. The standard InChI is InChI=1S/C46H60N8O4/c1-32-12-7-8-25-52(32)45-49-48-42-22-20-36(30-53(42)45)58-39-21-18-33(37-14-5-6-15-38(37)39)13-11-16-44(56)47-43-29-41(46(2,3)4)50-54(43)35-19-17-34(31-55)40(28-35)57-27-26-51-23-9-10-24-51/h5-6,14-15,17,19-20,22,28-30,32-33,39,55H,7-13,16,18,21,23-27,31H2,1-4H3,(H,47,56)/t32-,33-,39+/m0/s1. The van der Waals surface area contributed by atoms with E-state index in [2.05, 4.69) is 81.7 Å². The molecule has 308 valence electrons. The number of hydrogen-bond acceptors (Lipinski definition) is 9. The Bertz CT molecular complexity index is 2180. The molecule has 3 aliphatic rings. The molecule has 0 radical (unpaired) electrons. The predicted molar refractivity (Wildman–Crippen MR) is 227 cm³/mol. The number of aliphatic hydroxyl groups is 1. The molecule has 12 heteroatoms. The average Bonchev–Trinajstić information content (AvgIpc) is 4.00. The molecule has 5 heterocycles. The number of anilines is 2. The van der Waals surface area contributed by atoms with Gasteiger partial charge in [0, 0.05) is 48.7 Å². The first-order valence-electron chi connectivity index (χ1n) is 21.5. The highest BCUT2D eigenvalue weighted by Gasteiger charge is 2.29. The number of aliphatic hydroxyl groups excluding tert-OH is 1. The summed E-state index contributed by atoms with van der Waals surface area (Å²) in [5, 5.41) is 27.2. The number of benzene rings is 2. The van der Waals surface area contributed by atoms with Crippen molar-refractivity contribution < 1.29 is 19.4 Å². The maximum Gasteiger partial charge on any atom is 0.232 e. The fourth-order valence-electron chi connectivity index (χ4n) is 8.92. The van der Waals surface area contributed by atoms with E-state index in [1.54, 1.807) is 4.68 Å². The summed E-state index contributed by atoms with van der Waals surface area (Å²) in [7, 11) is 0. The summed E-state index contributed by atoms with van der Waals surface area (Å²) < 4.78 is 16.8. The first-order valence-corrected chi connectivity index (χ1v) is 21.5. The molecule has 0 spiro atoms. The molecule has 8 rings (SSSR count). The zero-order valence-corrected chi connectivity index (χ0v) is 34.7. The van der Waals surface area contributed by atoms with Crippen molar-refractivity contribution >= 4 is 23.3 Å². The van der Waals surface area contributed by atoms with E-state index in [1.807, 2.05) is 42.6 Å². The lowest BCUT2D eigenvalue weighted by Crippen LogP contribution is -2.38. The van der Waals surface area contributed by atoms with Crippen LogP contribution in [0.3, 0.4) is 0 Å². The van der Waals surface area contributed by atoms with E-state index in [-0.39, 0.29) is 24.0 Å². The maximum atomic E-state index is 13.6. The summed E-state index contributed by atoms with van der Waals surface area (Å²) in [6.45, 7) is 13.1. The van der Waals surface area contributed by atoms with Gasteiger partial charge in [0.15, 0.2) is 5.65 Å². The highest BCUT2D eigenvalue weighted by Crippen LogP contribution is 2.42. The van der Waals surface area contributed by atoms with Gasteiger partial charge in [-0.05, 0) is 113 Å². The number of nitrogens with one attached hydrogen (secondary N) is 1. The van der Waals surface area contributed by atoms with Crippen LogP contribution >= 0.6 is 0 Å². The third kappa shape index (κ3) is 8.88. The number of fused-ring (bicyclic) bond motifs is 2. The van der Waals surface area contributed by atoms with Gasteiger partial charge in [0.2, 0.25) is 11.9 Å². The lowest BCUT2D eigenvalue weighted by molar-refractivity contribution is -0.116. The lowest BCUT2D eigenvalue weighted by atomic mass is 9.79. The van der Waals surface area contributed by atoms with Gasteiger partial charge in [0.1, 0.15) is 30.0 Å². The van der Waals surface area contributed by atoms with Crippen LogP contribution in [0.25, 0.3) is 11.3 Å². The molecule has 2 fully saturated rings. The summed E-state index contributed by atoms with van der Waals surface area (Å²) >= 11 is 0. The Kier molecular flexibility index (Phi) is 12.0. The molecule has 2 aromatic carbocycles. The number of likely N-dealkylation sites (tertiary alicyclic amines) is 1. The fraction of sp³-hybridized carbons (Fsp3) is 0.522. The summed E-state index contributed by atoms with van der Waals surface area (Å²) in [4.78, 5) is 18.4. The third-order valence-corrected chi connectivity index (χ3v) is 12.3. The van der Waals surface area contributed by atoms with Crippen LogP contribution in [0, 0.1) is 0 Å². The fourth-order valence-corrected chi connectivity index (χ4v) is 8.92. The van der Waals surface area contributed by atoms with Gasteiger partial charge < -0.3 is 24.8 Å². The second-order valence-electron chi connectivity index (χ2n) is 17.5. The van der Waals surface area contributed by atoms with Crippen molar-refractivity contribution in [2.24, 2.45) is 0 Å². The Morgan fingerprint density at radius 2 is 1.74 bits per heavy atom. The molecule has 3 aromatic heterocycles. The van der Waals surface area contributed by atoms with Gasteiger partial charge in [-0.3, -0.25) is 14.1 Å². The van der Waals surface area contributed by atoms with Gasteiger partial charge in [-0.25, -0.2) is 4.68 Å². The Hall–Kier alpha value is -4.94. The monoisotopic (exact) mass is 788 g/mol. The quantitative estimate of drug-likeness (QED) is 0.114. The predicted octanol–water partition coefficient (Wildman–Crippen LogP) is 8.36. The van der Waals surface area contributed by atoms with Crippen LogP contribution in [0.5, 0.6) is 11.5 Å². The number of nitrogens with zero attached hydrogens (tertiary/aromatic N) is 7. The van der Waals surface area contributed by atoms with Crippen LogP contribution in [0.4, 0.5) is 11.8 Å². The molecule has 12 nitrogen and oxygen atoms in total. The van der Waals surface area contributed by atoms with E-state index in [0.29, 0.717) is 36.6 Å². The number of aromatic nitrogens is 5. The van der Waals surface area contributed by atoms with Gasteiger partial charge in [-0.1, -0.05) is 51.1 Å². The van der Waals surface area contributed by atoms with Crippen molar-refractivity contribution in [2.75, 3.05) is 43.0 Å². The highest BCUT2D eigenvalue weighted by atomic mass is 16.5. The van der Waals surface area contributed by atoms with Gasteiger partial charge in [-0.15, -0.1) is 10.2 Å². The van der Waals surface area contributed by atoms with Crippen LogP contribution in [-0.2, 0) is 16.8 Å². The van der Waals surface area contributed by atoms with Crippen molar-refractivity contribution in [3.63, 3.8) is 0 Å². The average molecular weight is 789 g/mol. The SMILES string of the molecule is C[C@H]1CCCCN1c1nnc2ccc(O[C@@H]3CC[C@H](CCCC(=O)Nc4cc(C(C)(C)C)nn4-c4ccc(CO)c(OCCN5CCCC5)c4)c4ccccc43)cn12. The number of amides is 1. The Balaban J connectivity index is 0.913. The van der Waals surface area contributed by atoms with Crippen molar-refractivity contribution in [3.8, 4) is 17.2 Å². The van der Waals surface area contributed by atoms with Gasteiger partial charge in [-0.2, -0.15) is 5.10 Å². The van der Waals surface area contributed by atoms with Crippen LogP contribution in [0.1, 0.15) is 126 Å². The molecule has 0 bridgehead atoms. The normalized spacial score (nSPS) is 20.0. The zero-order chi connectivity index (χ0) is 40.2. The Labute approximate surface area is 342 Å². The number of pyridine rings is 1. The Morgan fingerprint density at radius 3 is 2.53 bits per heavy atom. The lowest BCUT2D eigenvalue weighted by Gasteiger charge is -2.33. The van der Waals surface area contributed by atoms with Crippen LogP contribution in [-0.4, -0.2) is 79.1 Å². The van der Waals surface area contributed by atoms with E-state index in [0.717, 1.165) is 92.6 Å². The van der Waals surface area contributed by atoms with E-state index < -0.39 is 0 Å². The molecule has 5 aromatic rings. The number of carbonyl (C=O) groups is 1. The second kappa shape index (κ2) is 17.5. The molecule has 58 heavy (non-hydrogen) atoms. The van der Waals surface area contributed by atoms with Crippen molar-refractivity contribution in [2.45, 2.75) is 122 Å². The largest absolute Gasteiger partial charge is 0.492 e. The van der Waals surface area contributed by atoms with Gasteiger partial charge >= 0.3 is 0 Å². The molecule has 1 amide bonds. The van der Waals surface area contributed by atoms with Crippen LogP contribution < -0.4 is 19.7 Å². The molecule has 2 N–H and O–H groups in total.